The molecule has 7 aliphatic rings. The number of hydrogen-bond acceptors (Lipinski definition) is 5. The molecule has 2 saturated heterocycles. The van der Waals surface area contributed by atoms with Crippen molar-refractivity contribution in [3.8, 4) is 0 Å². The maximum Gasteiger partial charge on any atom is 0.155 e. The molecule has 240 valence electrons. The lowest BCUT2D eigenvalue weighted by molar-refractivity contribution is -0.148. The lowest BCUT2D eigenvalue weighted by atomic mass is 9.56. The number of carbonyl (C=O) groups is 1. The molecule has 2 spiro atoms. The predicted molar refractivity (Wildman–Crippen MR) is 172 cm³/mol. The number of rotatable bonds is 8. The summed E-state index contributed by atoms with van der Waals surface area (Å²) in [5.74, 6) is 4.01. The van der Waals surface area contributed by atoms with E-state index in [2.05, 4.69) is 62.9 Å². The Kier molecular flexibility index (Phi) is 7.29. The first-order valence-corrected chi connectivity index (χ1v) is 18.1. The van der Waals surface area contributed by atoms with Crippen molar-refractivity contribution < 1.29 is 19.0 Å². The van der Waals surface area contributed by atoms with Crippen LogP contribution in [0.1, 0.15) is 91.0 Å². The van der Waals surface area contributed by atoms with Gasteiger partial charge in [-0.3, -0.25) is 9.69 Å². The maximum absolute atomic E-state index is 12.4. The number of piperidine rings is 1. The molecule has 3 unspecified atom stereocenters. The van der Waals surface area contributed by atoms with Crippen LogP contribution in [0.2, 0.25) is 0 Å². The molecule has 0 aromatic heterocycles. The lowest BCUT2D eigenvalue weighted by Gasteiger charge is -2.50. The summed E-state index contributed by atoms with van der Waals surface area (Å²) in [4.78, 5) is 15.1. The van der Waals surface area contributed by atoms with Gasteiger partial charge in [-0.25, -0.2) is 0 Å². The summed E-state index contributed by atoms with van der Waals surface area (Å²) in [5, 5.41) is 0. The van der Waals surface area contributed by atoms with Gasteiger partial charge in [0.15, 0.2) is 5.78 Å². The zero-order chi connectivity index (χ0) is 30.3. The van der Waals surface area contributed by atoms with Gasteiger partial charge in [-0.1, -0.05) is 63.6 Å². The Balaban J connectivity index is 0.938. The van der Waals surface area contributed by atoms with Gasteiger partial charge in [0.25, 0.3) is 0 Å². The molecule has 0 N–H and O–H groups in total. The van der Waals surface area contributed by atoms with Crippen LogP contribution in [-0.4, -0.2) is 61.3 Å². The Bertz CT molecular complexity index is 1300. The molecule has 5 heteroatoms. The van der Waals surface area contributed by atoms with Gasteiger partial charge in [-0.2, -0.15) is 0 Å². The second-order valence-corrected chi connectivity index (χ2v) is 16.7. The third-order valence-electron chi connectivity index (χ3n) is 14.9. The van der Waals surface area contributed by atoms with E-state index >= 15 is 0 Å². The van der Waals surface area contributed by atoms with Crippen molar-refractivity contribution >= 4 is 5.78 Å². The van der Waals surface area contributed by atoms with Gasteiger partial charge in [0, 0.05) is 36.9 Å². The van der Waals surface area contributed by atoms with Crippen molar-refractivity contribution in [3.63, 3.8) is 0 Å². The Morgan fingerprint density at radius 1 is 0.977 bits per heavy atom. The number of hydrogen-bond donors (Lipinski definition) is 0. The third kappa shape index (κ3) is 4.27. The van der Waals surface area contributed by atoms with E-state index < -0.39 is 0 Å². The number of benzene rings is 1. The molecular formula is C39H55NO4. The monoisotopic (exact) mass is 601 g/mol. The zero-order valence-electron chi connectivity index (χ0n) is 27.7. The molecule has 44 heavy (non-hydrogen) atoms. The molecule has 1 aromatic rings. The molecule has 0 amide bonds. The van der Waals surface area contributed by atoms with Gasteiger partial charge < -0.3 is 14.2 Å². The summed E-state index contributed by atoms with van der Waals surface area (Å²) in [5.41, 5.74) is 3.68. The van der Waals surface area contributed by atoms with Crippen LogP contribution in [0.4, 0.5) is 0 Å². The Labute approximate surface area is 265 Å². The van der Waals surface area contributed by atoms with Crippen molar-refractivity contribution in [2.45, 2.75) is 110 Å². The van der Waals surface area contributed by atoms with E-state index in [1.807, 2.05) is 6.07 Å². The van der Waals surface area contributed by atoms with Crippen molar-refractivity contribution in [1.82, 2.24) is 4.90 Å². The summed E-state index contributed by atoms with van der Waals surface area (Å²) in [7, 11) is 0. The SMILES string of the molecule is C[C@H]1C[C@H]2OC3(CC[C@H]4[C@@H]5CCC6=CC(=O)CC[C@]6(C)[C@H]5CC45CC53C)[C@H](C)[C@@H]2N(CCOCCOCc2ccccc2)C1. The van der Waals surface area contributed by atoms with E-state index in [4.69, 9.17) is 14.2 Å². The molecule has 4 saturated carbocycles. The molecule has 11 atom stereocenters. The summed E-state index contributed by atoms with van der Waals surface area (Å²) in [6, 6.07) is 10.9. The molecule has 6 fully saturated rings. The van der Waals surface area contributed by atoms with Gasteiger partial charge in [0.1, 0.15) is 0 Å². The van der Waals surface area contributed by atoms with Crippen LogP contribution in [0, 0.1) is 45.8 Å². The second kappa shape index (κ2) is 10.8. The highest BCUT2D eigenvalue weighted by Gasteiger charge is 2.84. The molecule has 0 radical (unpaired) electrons. The predicted octanol–water partition coefficient (Wildman–Crippen LogP) is 7.24. The smallest absolute Gasteiger partial charge is 0.155 e. The van der Waals surface area contributed by atoms with Crippen molar-refractivity contribution in [3.05, 3.63) is 47.5 Å². The molecular weight excluding hydrogens is 546 g/mol. The molecule has 5 aliphatic carbocycles. The van der Waals surface area contributed by atoms with Crippen LogP contribution in [0.25, 0.3) is 0 Å². The van der Waals surface area contributed by atoms with Crippen LogP contribution < -0.4 is 0 Å². The largest absolute Gasteiger partial charge is 0.378 e. The molecule has 2 heterocycles. The number of fused-ring (bicyclic) bond motifs is 6. The van der Waals surface area contributed by atoms with E-state index in [1.54, 1.807) is 0 Å². The van der Waals surface area contributed by atoms with E-state index in [9.17, 15) is 4.79 Å². The minimum atomic E-state index is 0.00285. The van der Waals surface area contributed by atoms with Crippen molar-refractivity contribution in [2.75, 3.05) is 32.9 Å². The summed E-state index contributed by atoms with van der Waals surface area (Å²) < 4.78 is 19.5. The van der Waals surface area contributed by atoms with Gasteiger partial charge in [0.05, 0.1) is 38.1 Å². The lowest BCUT2D eigenvalue weighted by Crippen LogP contribution is -2.55. The Morgan fingerprint density at radius 3 is 2.64 bits per heavy atom. The van der Waals surface area contributed by atoms with Crippen LogP contribution in [0.5, 0.6) is 0 Å². The summed E-state index contributed by atoms with van der Waals surface area (Å²) in [6.45, 7) is 15.0. The highest BCUT2D eigenvalue weighted by molar-refractivity contribution is 5.91. The van der Waals surface area contributed by atoms with Crippen LogP contribution in [0.15, 0.2) is 42.0 Å². The summed E-state index contributed by atoms with van der Waals surface area (Å²) >= 11 is 0. The zero-order valence-corrected chi connectivity index (χ0v) is 27.7. The number of allylic oxidation sites excluding steroid dienone is 2. The first kappa shape index (κ1) is 29.8. The fourth-order valence-electron chi connectivity index (χ4n) is 12.8. The molecule has 2 aliphatic heterocycles. The Hall–Kier alpha value is -1.53. The third-order valence-corrected chi connectivity index (χ3v) is 14.9. The maximum atomic E-state index is 12.4. The average Bonchev–Trinajstić information content (AvgIpc) is 3.35. The molecule has 5 nitrogen and oxygen atoms in total. The van der Waals surface area contributed by atoms with Gasteiger partial charge in [-0.15, -0.1) is 0 Å². The van der Waals surface area contributed by atoms with Crippen LogP contribution in [-0.2, 0) is 25.6 Å². The highest BCUT2D eigenvalue weighted by Crippen LogP contribution is 2.87. The molecule has 1 aromatic carbocycles. The fraction of sp³-hybridized carbons (Fsp3) is 0.769. The van der Waals surface area contributed by atoms with Gasteiger partial charge in [-0.05, 0) is 97.5 Å². The normalized spacial score (nSPS) is 47.4. The topological polar surface area (TPSA) is 48.0 Å². The van der Waals surface area contributed by atoms with E-state index in [0.717, 1.165) is 56.7 Å². The standard InChI is InChI=1S/C39H55NO4/c1-26-20-34-35(40(23-26)16-17-42-18-19-43-24-28-8-6-5-7-9-28)27(2)39(44-34)15-13-32-31-11-10-29-21-30(41)12-14-36(29,3)33(31)22-38(32)25-37(38,39)4/h5-9,21,26-27,31-35H,10-20,22-25H2,1-4H3/t26-,27+,31-,32-,33-,34+,35-,36-,37?,38?,39?/m0/s1. The number of likely N-dealkylation sites (tertiary alicyclic amines) is 1. The highest BCUT2D eigenvalue weighted by atomic mass is 16.5. The molecule has 8 rings (SSSR count). The second-order valence-electron chi connectivity index (χ2n) is 16.7. The van der Waals surface area contributed by atoms with Gasteiger partial charge in [0.2, 0.25) is 0 Å². The number of nitrogens with zero attached hydrogens (tertiary/aromatic N) is 1. The van der Waals surface area contributed by atoms with Crippen molar-refractivity contribution in [2.24, 2.45) is 45.8 Å². The minimum absolute atomic E-state index is 0.00285. The number of ketones is 1. The minimum Gasteiger partial charge on any atom is -0.378 e. The quantitative estimate of drug-likeness (QED) is 0.294. The van der Waals surface area contributed by atoms with E-state index in [-0.39, 0.29) is 16.4 Å². The number of carbonyl (C=O) groups excluding carboxylic acids is 1. The van der Waals surface area contributed by atoms with E-state index in [1.165, 1.54) is 49.7 Å². The van der Waals surface area contributed by atoms with Crippen LogP contribution >= 0.6 is 0 Å². The fourth-order valence-corrected chi connectivity index (χ4v) is 12.8. The van der Waals surface area contributed by atoms with Gasteiger partial charge >= 0.3 is 0 Å². The first-order chi connectivity index (χ1) is 21.2. The van der Waals surface area contributed by atoms with Crippen LogP contribution in [0.3, 0.4) is 0 Å². The molecule has 0 bridgehead atoms. The summed E-state index contributed by atoms with van der Waals surface area (Å²) in [6.07, 6.45) is 13.2. The van der Waals surface area contributed by atoms with Crippen molar-refractivity contribution in [1.29, 1.82) is 0 Å². The average molecular weight is 602 g/mol. The number of ether oxygens (including phenoxy) is 3. The Morgan fingerprint density at radius 2 is 1.80 bits per heavy atom. The van der Waals surface area contributed by atoms with E-state index in [0.29, 0.717) is 55.0 Å². The first-order valence-electron chi connectivity index (χ1n) is 18.1.